The molecule has 2 rings (SSSR count). The van der Waals surface area contributed by atoms with Gasteiger partial charge < -0.3 is 0 Å². The van der Waals surface area contributed by atoms with Gasteiger partial charge in [-0.05, 0) is 50.9 Å². The number of hydrogen-bond donors (Lipinski definition) is 0. The molecule has 5 heteroatoms. The number of hydrogen-bond acceptors (Lipinski definition) is 3. The van der Waals surface area contributed by atoms with Crippen LogP contribution >= 0.6 is 43.6 Å². The Balaban J connectivity index is 2.04. The molecule has 0 saturated heterocycles. The average Bonchev–Trinajstić information content (AvgIpc) is 2.27. The predicted molar refractivity (Wildman–Crippen MR) is 78.2 cm³/mol. The zero-order chi connectivity index (χ0) is 12.3. The van der Waals surface area contributed by atoms with E-state index in [9.17, 15) is 0 Å². The molecule has 0 atom stereocenters. The maximum atomic E-state index is 4.32. The van der Waals surface area contributed by atoms with Crippen LogP contribution in [0.5, 0.6) is 0 Å². The van der Waals surface area contributed by atoms with Crippen molar-refractivity contribution in [3.05, 3.63) is 50.9 Å². The Hall–Kier alpha value is -0.390. The molecule has 2 nitrogen and oxygen atoms in total. The summed E-state index contributed by atoms with van der Waals surface area (Å²) in [6.07, 6.45) is 0. The van der Waals surface area contributed by atoms with Crippen molar-refractivity contribution in [2.45, 2.75) is 17.6 Å². The van der Waals surface area contributed by atoms with Crippen LogP contribution < -0.4 is 0 Å². The minimum Gasteiger partial charge on any atom is -0.225 e. The van der Waals surface area contributed by atoms with Gasteiger partial charge in [-0.1, -0.05) is 17.7 Å². The standard InChI is InChI=1S/C12H10Br2N2S/c1-8-2-4-9(5-3-8)17-7-12-15-10(13)6-11(14)16-12/h2-6H,7H2,1H3. The molecule has 0 aliphatic heterocycles. The highest BCUT2D eigenvalue weighted by Gasteiger charge is 2.02. The van der Waals surface area contributed by atoms with Crippen molar-refractivity contribution in [3.8, 4) is 0 Å². The number of halogens is 2. The van der Waals surface area contributed by atoms with Crippen molar-refractivity contribution in [2.75, 3.05) is 0 Å². The molecule has 17 heavy (non-hydrogen) atoms. The van der Waals surface area contributed by atoms with Gasteiger partial charge in [0.25, 0.3) is 0 Å². The fourth-order valence-corrected chi connectivity index (χ4v) is 3.18. The highest BCUT2D eigenvalue weighted by Crippen LogP contribution is 2.23. The summed E-state index contributed by atoms with van der Waals surface area (Å²) in [7, 11) is 0. The SMILES string of the molecule is Cc1ccc(SCc2nc(Br)cc(Br)n2)cc1. The maximum absolute atomic E-state index is 4.32. The van der Waals surface area contributed by atoms with E-state index in [1.165, 1.54) is 10.5 Å². The Morgan fingerprint density at radius 1 is 1.06 bits per heavy atom. The summed E-state index contributed by atoms with van der Waals surface area (Å²) in [5, 5.41) is 0. The average molecular weight is 374 g/mol. The smallest absolute Gasteiger partial charge is 0.141 e. The maximum Gasteiger partial charge on any atom is 0.141 e. The third-order valence-corrected chi connectivity index (χ3v) is 3.92. The molecule has 0 radical (unpaired) electrons. The van der Waals surface area contributed by atoms with E-state index in [-0.39, 0.29) is 0 Å². The van der Waals surface area contributed by atoms with Crippen LogP contribution in [0.15, 0.2) is 44.4 Å². The van der Waals surface area contributed by atoms with Gasteiger partial charge in [0.05, 0.1) is 5.75 Å². The summed E-state index contributed by atoms with van der Waals surface area (Å²) in [5.74, 6) is 1.58. The number of rotatable bonds is 3. The molecule has 2 aromatic rings. The summed E-state index contributed by atoms with van der Waals surface area (Å²) < 4.78 is 1.61. The molecule has 0 aliphatic rings. The van der Waals surface area contributed by atoms with E-state index in [2.05, 4.69) is 73.0 Å². The Bertz CT molecular complexity index is 494. The molecule has 88 valence electrons. The zero-order valence-electron chi connectivity index (χ0n) is 9.15. The molecule has 0 bridgehead atoms. The Labute approximate surface area is 122 Å². The van der Waals surface area contributed by atoms with Crippen LogP contribution in [0.3, 0.4) is 0 Å². The highest BCUT2D eigenvalue weighted by molar-refractivity contribution is 9.11. The Morgan fingerprint density at radius 3 is 2.24 bits per heavy atom. The van der Waals surface area contributed by atoms with Gasteiger partial charge in [-0.2, -0.15) is 0 Å². The molecule has 0 fully saturated rings. The molecule has 0 unspecified atom stereocenters. The highest BCUT2D eigenvalue weighted by atomic mass is 79.9. The van der Waals surface area contributed by atoms with Gasteiger partial charge in [-0.15, -0.1) is 11.8 Å². The number of aryl methyl sites for hydroxylation is 1. The lowest BCUT2D eigenvalue weighted by Gasteiger charge is -2.02. The fourth-order valence-electron chi connectivity index (χ4n) is 1.28. The summed E-state index contributed by atoms with van der Waals surface area (Å²) >= 11 is 8.45. The van der Waals surface area contributed by atoms with Gasteiger partial charge in [-0.3, -0.25) is 0 Å². The Kier molecular flexibility index (Phi) is 4.59. The summed E-state index contributed by atoms with van der Waals surface area (Å²) in [5.41, 5.74) is 1.27. The lowest BCUT2D eigenvalue weighted by molar-refractivity contribution is 0.996. The first-order valence-corrected chi connectivity index (χ1v) is 7.59. The first-order valence-electron chi connectivity index (χ1n) is 5.02. The van der Waals surface area contributed by atoms with Gasteiger partial charge in [0.15, 0.2) is 0 Å². The van der Waals surface area contributed by atoms with Gasteiger partial charge in [0.2, 0.25) is 0 Å². The van der Waals surface area contributed by atoms with E-state index in [4.69, 9.17) is 0 Å². The van der Waals surface area contributed by atoms with Crippen molar-refractivity contribution in [1.29, 1.82) is 0 Å². The molecule has 0 N–H and O–H groups in total. The minimum absolute atomic E-state index is 0.765. The molecular formula is C12H10Br2N2S. The van der Waals surface area contributed by atoms with Crippen molar-refractivity contribution < 1.29 is 0 Å². The van der Waals surface area contributed by atoms with Crippen LogP contribution in [0.1, 0.15) is 11.4 Å². The van der Waals surface area contributed by atoms with Crippen LogP contribution in [0.4, 0.5) is 0 Å². The van der Waals surface area contributed by atoms with Crippen molar-refractivity contribution in [3.63, 3.8) is 0 Å². The molecular weight excluding hydrogens is 364 g/mol. The molecule has 0 amide bonds. The van der Waals surface area contributed by atoms with Crippen molar-refractivity contribution in [1.82, 2.24) is 9.97 Å². The van der Waals surface area contributed by atoms with Crippen LogP contribution in [0, 0.1) is 6.92 Å². The monoisotopic (exact) mass is 372 g/mol. The van der Waals surface area contributed by atoms with Gasteiger partial charge in [-0.25, -0.2) is 9.97 Å². The Morgan fingerprint density at radius 2 is 1.65 bits per heavy atom. The molecule has 0 saturated carbocycles. The predicted octanol–water partition coefficient (Wildman–Crippen LogP) is 4.60. The quantitative estimate of drug-likeness (QED) is 0.580. The fraction of sp³-hybridized carbons (Fsp3) is 0.167. The minimum atomic E-state index is 0.765. The molecule has 0 aliphatic carbocycles. The summed E-state index contributed by atoms with van der Waals surface area (Å²) in [6, 6.07) is 10.3. The lowest BCUT2D eigenvalue weighted by Crippen LogP contribution is -1.93. The van der Waals surface area contributed by atoms with E-state index < -0.39 is 0 Å². The van der Waals surface area contributed by atoms with E-state index in [0.29, 0.717) is 0 Å². The largest absolute Gasteiger partial charge is 0.225 e. The first-order chi connectivity index (χ1) is 8.13. The van der Waals surface area contributed by atoms with Crippen LogP contribution in [-0.4, -0.2) is 9.97 Å². The molecule has 1 aromatic heterocycles. The lowest BCUT2D eigenvalue weighted by atomic mass is 10.2. The molecule has 0 spiro atoms. The van der Waals surface area contributed by atoms with Crippen LogP contribution in [0.2, 0.25) is 0 Å². The number of nitrogens with zero attached hydrogens (tertiary/aromatic N) is 2. The van der Waals surface area contributed by atoms with E-state index in [0.717, 1.165) is 20.8 Å². The number of thioether (sulfide) groups is 1. The second-order valence-corrected chi connectivity index (χ2v) is 6.21. The summed E-state index contributed by atoms with van der Waals surface area (Å²) in [4.78, 5) is 9.87. The van der Waals surface area contributed by atoms with Crippen molar-refractivity contribution in [2.24, 2.45) is 0 Å². The molecule has 1 aromatic carbocycles. The molecule has 1 heterocycles. The van der Waals surface area contributed by atoms with Crippen LogP contribution in [0.25, 0.3) is 0 Å². The van der Waals surface area contributed by atoms with E-state index in [1.807, 2.05) is 6.07 Å². The van der Waals surface area contributed by atoms with Gasteiger partial charge in [0.1, 0.15) is 15.0 Å². The van der Waals surface area contributed by atoms with E-state index in [1.54, 1.807) is 11.8 Å². The van der Waals surface area contributed by atoms with Crippen molar-refractivity contribution >= 4 is 43.6 Å². The third-order valence-electron chi connectivity index (χ3n) is 2.10. The topological polar surface area (TPSA) is 25.8 Å². The third kappa shape index (κ3) is 4.08. The second-order valence-electron chi connectivity index (χ2n) is 3.53. The van der Waals surface area contributed by atoms with Gasteiger partial charge >= 0.3 is 0 Å². The summed E-state index contributed by atoms with van der Waals surface area (Å²) in [6.45, 7) is 2.09. The van der Waals surface area contributed by atoms with Gasteiger partial charge in [0, 0.05) is 11.0 Å². The zero-order valence-corrected chi connectivity index (χ0v) is 13.1. The normalized spacial score (nSPS) is 10.5. The second kappa shape index (κ2) is 5.98. The van der Waals surface area contributed by atoms with E-state index >= 15 is 0 Å². The first kappa shape index (κ1) is 13.1. The van der Waals surface area contributed by atoms with Crippen LogP contribution in [-0.2, 0) is 5.75 Å². The number of benzene rings is 1. The number of aromatic nitrogens is 2.